The molecule has 5 heteroatoms. The van der Waals surface area contributed by atoms with E-state index in [9.17, 15) is 4.79 Å². The number of nitrogen functional groups attached to an aromatic ring is 1. The Hall–Kier alpha value is -2.79. The lowest BCUT2D eigenvalue weighted by molar-refractivity contribution is 0.0603. The van der Waals surface area contributed by atoms with Crippen LogP contribution in [0.2, 0.25) is 0 Å². The molecule has 3 aromatic rings. The summed E-state index contributed by atoms with van der Waals surface area (Å²) in [5.41, 5.74) is 10.1. The van der Waals surface area contributed by atoms with Crippen LogP contribution in [-0.2, 0) is 4.74 Å². The predicted molar refractivity (Wildman–Crippen MR) is 97.5 cm³/mol. The van der Waals surface area contributed by atoms with Gasteiger partial charge in [-0.05, 0) is 17.2 Å². The highest BCUT2D eigenvalue weighted by molar-refractivity contribution is 7.14. The molecule has 0 radical (unpaired) electrons. The molecule has 4 nitrogen and oxygen atoms in total. The van der Waals surface area contributed by atoms with E-state index < -0.39 is 5.97 Å². The van der Waals surface area contributed by atoms with E-state index in [2.05, 4.69) is 0 Å². The molecule has 0 aliphatic rings. The van der Waals surface area contributed by atoms with Gasteiger partial charge in [-0.15, -0.1) is 11.3 Å². The summed E-state index contributed by atoms with van der Waals surface area (Å²) in [4.78, 5) is 11.9. The van der Waals surface area contributed by atoms with Crippen LogP contribution in [0, 0.1) is 0 Å². The molecule has 0 unspecified atom stereocenters. The molecule has 0 aliphatic carbocycles. The Labute approximate surface area is 144 Å². The van der Waals surface area contributed by atoms with Gasteiger partial charge in [-0.2, -0.15) is 0 Å². The Morgan fingerprint density at radius 1 is 0.958 bits per heavy atom. The van der Waals surface area contributed by atoms with Crippen molar-refractivity contribution in [2.45, 2.75) is 0 Å². The number of hydrogen-bond acceptors (Lipinski definition) is 5. The molecule has 1 heterocycles. The van der Waals surface area contributed by atoms with Crippen LogP contribution in [0.5, 0.6) is 5.75 Å². The summed E-state index contributed by atoms with van der Waals surface area (Å²) in [6, 6.07) is 15.8. The number of benzene rings is 2. The number of anilines is 1. The van der Waals surface area contributed by atoms with E-state index in [0.717, 1.165) is 28.0 Å². The summed E-state index contributed by atoms with van der Waals surface area (Å²) in [5.74, 6) is 0.401. The molecule has 3 rings (SSSR count). The van der Waals surface area contributed by atoms with Crippen LogP contribution in [0.4, 0.5) is 5.00 Å². The van der Waals surface area contributed by atoms with Crippen LogP contribution in [-0.4, -0.2) is 20.2 Å². The molecule has 2 N–H and O–H groups in total. The zero-order valence-corrected chi connectivity index (χ0v) is 14.2. The zero-order valence-electron chi connectivity index (χ0n) is 13.4. The average molecular weight is 339 g/mol. The van der Waals surface area contributed by atoms with Gasteiger partial charge in [-0.3, -0.25) is 0 Å². The van der Waals surface area contributed by atoms with E-state index in [-0.39, 0.29) is 0 Å². The lowest BCUT2D eigenvalue weighted by atomic mass is 9.99. The Morgan fingerprint density at radius 3 is 2.21 bits per heavy atom. The van der Waals surface area contributed by atoms with Crippen LogP contribution in [0.3, 0.4) is 0 Å². The second-order valence-corrected chi connectivity index (χ2v) is 6.07. The molecule has 0 saturated carbocycles. The van der Waals surface area contributed by atoms with Crippen molar-refractivity contribution in [3.63, 3.8) is 0 Å². The van der Waals surface area contributed by atoms with E-state index in [1.54, 1.807) is 7.11 Å². The number of rotatable bonds is 4. The second-order valence-electron chi connectivity index (χ2n) is 5.16. The molecular formula is C19H17NO3S. The van der Waals surface area contributed by atoms with Crippen molar-refractivity contribution in [2.75, 3.05) is 20.0 Å². The molecule has 0 atom stereocenters. The van der Waals surface area contributed by atoms with E-state index in [1.165, 1.54) is 18.4 Å². The molecule has 0 spiro atoms. The third-order valence-corrected chi connectivity index (χ3v) is 4.63. The van der Waals surface area contributed by atoms with Crippen LogP contribution < -0.4 is 10.5 Å². The summed E-state index contributed by atoms with van der Waals surface area (Å²) in [6.45, 7) is 0. The van der Waals surface area contributed by atoms with Crippen molar-refractivity contribution < 1.29 is 14.3 Å². The first-order valence-electron chi connectivity index (χ1n) is 7.34. The first kappa shape index (κ1) is 16.1. The molecule has 122 valence electrons. The fourth-order valence-corrected chi connectivity index (χ4v) is 3.42. The number of methoxy groups -OCH3 is 2. The predicted octanol–water partition coefficient (Wildman–Crippen LogP) is 4.46. The highest BCUT2D eigenvalue weighted by Crippen LogP contribution is 2.36. The van der Waals surface area contributed by atoms with Crippen molar-refractivity contribution in [3.05, 3.63) is 59.5 Å². The van der Waals surface area contributed by atoms with E-state index >= 15 is 0 Å². The maximum atomic E-state index is 11.9. The smallest absolute Gasteiger partial charge is 0.341 e. The lowest BCUT2D eigenvalue weighted by Crippen LogP contribution is -2.04. The minimum atomic E-state index is -0.419. The van der Waals surface area contributed by atoms with Gasteiger partial charge in [0.2, 0.25) is 0 Å². The summed E-state index contributed by atoms with van der Waals surface area (Å²) >= 11 is 1.33. The van der Waals surface area contributed by atoms with Gasteiger partial charge in [0.1, 0.15) is 16.3 Å². The minimum absolute atomic E-state index is 0.419. The molecule has 0 bridgehead atoms. The van der Waals surface area contributed by atoms with Crippen molar-refractivity contribution in [1.82, 2.24) is 0 Å². The number of ether oxygens (including phenoxy) is 2. The van der Waals surface area contributed by atoms with Crippen molar-refractivity contribution >= 4 is 22.3 Å². The van der Waals surface area contributed by atoms with Gasteiger partial charge >= 0.3 is 5.97 Å². The number of carbonyl (C=O) groups is 1. The lowest BCUT2D eigenvalue weighted by Gasteiger charge is -2.09. The molecule has 0 fully saturated rings. The summed E-state index contributed by atoms with van der Waals surface area (Å²) in [5, 5.41) is 2.34. The Morgan fingerprint density at radius 2 is 1.58 bits per heavy atom. The first-order chi connectivity index (χ1) is 11.7. The molecule has 2 aromatic carbocycles. The number of para-hydroxylation sites is 1. The standard InChI is InChI=1S/C19H17NO3S/c1-22-16-6-4-3-5-14(16)12-7-9-13(10-8-12)15-11-24-18(20)17(15)19(21)23-2/h3-11H,20H2,1-2H3. The Balaban J connectivity index is 2.01. The third-order valence-electron chi connectivity index (χ3n) is 3.82. The molecule has 0 amide bonds. The van der Waals surface area contributed by atoms with E-state index in [4.69, 9.17) is 15.2 Å². The largest absolute Gasteiger partial charge is 0.496 e. The van der Waals surface area contributed by atoms with E-state index in [0.29, 0.717) is 10.6 Å². The summed E-state index contributed by atoms with van der Waals surface area (Å²) in [7, 11) is 3.01. The molecular weight excluding hydrogens is 322 g/mol. The number of carbonyl (C=O) groups excluding carboxylic acids is 1. The average Bonchev–Trinajstić information content (AvgIpc) is 3.02. The normalized spacial score (nSPS) is 10.4. The number of hydrogen-bond donors (Lipinski definition) is 1. The molecule has 0 saturated heterocycles. The highest BCUT2D eigenvalue weighted by Gasteiger charge is 2.19. The van der Waals surface area contributed by atoms with Gasteiger partial charge in [-0.25, -0.2) is 4.79 Å². The number of nitrogens with two attached hydrogens (primary N) is 1. The Bertz CT molecular complexity index is 869. The monoisotopic (exact) mass is 339 g/mol. The van der Waals surface area contributed by atoms with Crippen molar-refractivity contribution in [2.24, 2.45) is 0 Å². The maximum absolute atomic E-state index is 11.9. The second kappa shape index (κ2) is 6.76. The van der Waals surface area contributed by atoms with E-state index in [1.807, 2.05) is 53.9 Å². The maximum Gasteiger partial charge on any atom is 0.341 e. The third kappa shape index (κ3) is 2.86. The van der Waals surface area contributed by atoms with Gasteiger partial charge in [0.25, 0.3) is 0 Å². The number of thiophene rings is 1. The topological polar surface area (TPSA) is 61.5 Å². The van der Waals surface area contributed by atoms with Crippen molar-refractivity contribution in [1.29, 1.82) is 0 Å². The van der Waals surface area contributed by atoms with Crippen LogP contribution in [0.25, 0.3) is 22.3 Å². The first-order valence-corrected chi connectivity index (χ1v) is 8.22. The van der Waals surface area contributed by atoms with Gasteiger partial charge in [0.05, 0.1) is 14.2 Å². The summed E-state index contributed by atoms with van der Waals surface area (Å²) in [6.07, 6.45) is 0. The summed E-state index contributed by atoms with van der Waals surface area (Å²) < 4.78 is 10.2. The van der Waals surface area contributed by atoms with Crippen LogP contribution in [0.1, 0.15) is 10.4 Å². The van der Waals surface area contributed by atoms with Gasteiger partial charge < -0.3 is 15.2 Å². The molecule has 24 heavy (non-hydrogen) atoms. The van der Waals surface area contributed by atoms with Crippen LogP contribution >= 0.6 is 11.3 Å². The molecule has 0 aliphatic heterocycles. The fraction of sp³-hybridized carbons (Fsp3) is 0.105. The fourth-order valence-electron chi connectivity index (χ4n) is 2.61. The van der Waals surface area contributed by atoms with Gasteiger partial charge in [-0.1, -0.05) is 42.5 Å². The SMILES string of the molecule is COC(=O)c1c(-c2ccc(-c3ccccc3OC)cc2)csc1N. The van der Waals surface area contributed by atoms with Gasteiger partial charge in [0, 0.05) is 16.5 Å². The Kier molecular flexibility index (Phi) is 4.53. The van der Waals surface area contributed by atoms with Gasteiger partial charge in [0.15, 0.2) is 0 Å². The highest BCUT2D eigenvalue weighted by atomic mass is 32.1. The zero-order chi connectivity index (χ0) is 17.1. The van der Waals surface area contributed by atoms with Crippen LogP contribution in [0.15, 0.2) is 53.9 Å². The number of esters is 1. The quantitative estimate of drug-likeness (QED) is 0.713. The minimum Gasteiger partial charge on any atom is -0.496 e. The molecule has 1 aromatic heterocycles. The van der Waals surface area contributed by atoms with Crippen molar-refractivity contribution in [3.8, 4) is 28.0 Å².